The standard InChI is InChI=1S/C21H26N4O/c1-24(2)12-5-9-21(26)25(13-10-17-6-4-11-22-14-17)20-8-3-7-18-15-23-16-19(18)20/h3-9,11,14,23H,10,12-13,15-16H2,1-2H3/b9-5+. The number of hydrogen-bond acceptors (Lipinski definition) is 4. The van der Waals surface area contributed by atoms with Crippen LogP contribution in [0, 0.1) is 0 Å². The fourth-order valence-electron chi connectivity index (χ4n) is 3.16. The van der Waals surface area contributed by atoms with Crippen molar-refractivity contribution in [2.75, 3.05) is 32.1 Å². The second-order valence-electron chi connectivity index (χ2n) is 6.78. The molecule has 0 radical (unpaired) electrons. The van der Waals surface area contributed by atoms with Crippen molar-refractivity contribution in [1.82, 2.24) is 15.2 Å². The zero-order chi connectivity index (χ0) is 18.4. The predicted molar refractivity (Wildman–Crippen MR) is 105 cm³/mol. The number of fused-ring (bicyclic) bond motifs is 1. The van der Waals surface area contributed by atoms with Crippen LogP contribution in [-0.4, -0.2) is 43.0 Å². The number of rotatable bonds is 7. The maximum absolute atomic E-state index is 12.9. The lowest BCUT2D eigenvalue weighted by Crippen LogP contribution is -2.32. The lowest BCUT2D eigenvalue weighted by molar-refractivity contribution is -0.114. The van der Waals surface area contributed by atoms with Crippen molar-refractivity contribution in [2.45, 2.75) is 19.5 Å². The molecule has 0 fully saturated rings. The van der Waals surface area contributed by atoms with Gasteiger partial charge in [0.25, 0.3) is 5.91 Å². The molecule has 0 spiro atoms. The topological polar surface area (TPSA) is 48.5 Å². The number of nitrogens with one attached hydrogen (secondary N) is 1. The average molecular weight is 350 g/mol. The number of anilines is 1. The third kappa shape index (κ3) is 4.56. The molecule has 5 heteroatoms. The SMILES string of the molecule is CN(C)C/C=C/C(=O)N(CCc1cccnc1)c1cccc2c1CNC2. The zero-order valence-electron chi connectivity index (χ0n) is 15.5. The quantitative estimate of drug-likeness (QED) is 0.779. The van der Waals surface area contributed by atoms with Crippen molar-refractivity contribution in [3.05, 3.63) is 71.6 Å². The van der Waals surface area contributed by atoms with Gasteiger partial charge in [0.1, 0.15) is 0 Å². The van der Waals surface area contributed by atoms with Gasteiger partial charge in [0.05, 0.1) is 0 Å². The summed E-state index contributed by atoms with van der Waals surface area (Å²) in [6.45, 7) is 3.05. The molecular weight excluding hydrogens is 324 g/mol. The second kappa shape index (κ2) is 8.74. The van der Waals surface area contributed by atoms with Gasteiger partial charge in [-0.1, -0.05) is 24.3 Å². The van der Waals surface area contributed by atoms with E-state index >= 15 is 0 Å². The normalized spacial score (nSPS) is 13.3. The Morgan fingerprint density at radius 1 is 1.23 bits per heavy atom. The molecule has 1 amide bonds. The van der Waals surface area contributed by atoms with Gasteiger partial charge in [0, 0.05) is 50.3 Å². The molecule has 0 saturated heterocycles. The Hall–Kier alpha value is -2.50. The Labute approximate surface area is 155 Å². The van der Waals surface area contributed by atoms with Crippen molar-refractivity contribution >= 4 is 11.6 Å². The molecule has 0 bridgehead atoms. The van der Waals surface area contributed by atoms with Crippen molar-refractivity contribution in [3.63, 3.8) is 0 Å². The minimum atomic E-state index is 0.0241. The fraction of sp³-hybridized carbons (Fsp3) is 0.333. The molecule has 1 N–H and O–H groups in total. The van der Waals surface area contributed by atoms with Gasteiger partial charge in [-0.3, -0.25) is 9.78 Å². The van der Waals surface area contributed by atoms with Crippen LogP contribution in [0.5, 0.6) is 0 Å². The highest BCUT2D eigenvalue weighted by atomic mass is 16.2. The molecular formula is C21H26N4O. The van der Waals surface area contributed by atoms with Crippen molar-refractivity contribution in [3.8, 4) is 0 Å². The maximum Gasteiger partial charge on any atom is 0.250 e. The van der Waals surface area contributed by atoms with E-state index in [0.717, 1.165) is 37.3 Å². The number of carbonyl (C=O) groups excluding carboxylic acids is 1. The maximum atomic E-state index is 12.9. The molecule has 0 unspecified atom stereocenters. The Morgan fingerprint density at radius 2 is 2.12 bits per heavy atom. The summed E-state index contributed by atoms with van der Waals surface area (Å²) in [4.78, 5) is 21.0. The van der Waals surface area contributed by atoms with E-state index in [2.05, 4.69) is 22.4 Å². The zero-order valence-corrected chi connectivity index (χ0v) is 15.5. The first kappa shape index (κ1) is 18.3. The largest absolute Gasteiger partial charge is 0.309 e. The lowest BCUT2D eigenvalue weighted by Gasteiger charge is -2.24. The Morgan fingerprint density at radius 3 is 2.88 bits per heavy atom. The first-order valence-corrected chi connectivity index (χ1v) is 8.98. The van der Waals surface area contributed by atoms with Crippen LogP contribution in [0.4, 0.5) is 5.69 Å². The van der Waals surface area contributed by atoms with E-state index in [9.17, 15) is 4.79 Å². The molecule has 1 aliphatic heterocycles. The summed E-state index contributed by atoms with van der Waals surface area (Å²) in [5.74, 6) is 0.0241. The van der Waals surface area contributed by atoms with Gasteiger partial charge in [-0.25, -0.2) is 0 Å². The average Bonchev–Trinajstić information content (AvgIpc) is 3.12. The van der Waals surface area contributed by atoms with Gasteiger partial charge >= 0.3 is 0 Å². The van der Waals surface area contributed by atoms with E-state index < -0.39 is 0 Å². The number of nitrogens with zero attached hydrogens (tertiary/aromatic N) is 3. The summed E-state index contributed by atoms with van der Waals surface area (Å²) >= 11 is 0. The molecule has 0 saturated carbocycles. The van der Waals surface area contributed by atoms with Gasteiger partial charge in [0.15, 0.2) is 0 Å². The summed E-state index contributed by atoms with van der Waals surface area (Å²) in [5, 5.41) is 3.38. The van der Waals surface area contributed by atoms with E-state index in [1.165, 1.54) is 11.1 Å². The number of carbonyl (C=O) groups is 1. The molecule has 5 nitrogen and oxygen atoms in total. The molecule has 2 heterocycles. The van der Waals surface area contributed by atoms with Crippen molar-refractivity contribution in [1.29, 1.82) is 0 Å². The third-order valence-corrected chi connectivity index (χ3v) is 4.50. The molecule has 26 heavy (non-hydrogen) atoms. The summed E-state index contributed by atoms with van der Waals surface area (Å²) in [6.07, 6.45) is 8.01. The highest BCUT2D eigenvalue weighted by molar-refractivity contribution is 6.02. The molecule has 0 atom stereocenters. The number of benzene rings is 1. The van der Waals surface area contributed by atoms with Crippen LogP contribution in [0.15, 0.2) is 54.9 Å². The third-order valence-electron chi connectivity index (χ3n) is 4.50. The smallest absolute Gasteiger partial charge is 0.250 e. The highest BCUT2D eigenvalue weighted by Crippen LogP contribution is 2.28. The molecule has 1 aromatic carbocycles. The van der Waals surface area contributed by atoms with Crippen LogP contribution in [0.2, 0.25) is 0 Å². The van der Waals surface area contributed by atoms with E-state index in [4.69, 9.17) is 0 Å². The van der Waals surface area contributed by atoms with E-state index in [-0.39, 0.29) is 5.91 Å². The first-order chi connectivity index (χ1) is 12.6. The van der Waals surface area contributed by atoms with Gasteiger partial charge in [-0.2, -0.15) is 0 Å². The van der Waals surface area contributed by atoms with Crippen LogP contribution in [0.25, 0.3) is 0 Å². The molecule has 1 aliphatic rings. The highest BCUT2D eigenvalue weighted by Gasteiger charge is 2.21. The number of amides is 1. The fourth-order valence-corrected chi connectivity index (χ4v) is 3.16. The van der Waals surface area contributed by atoms with Gasteiger partial charge in [0.2, 0.25) is 0 Å². The van der Waals surface area contributed by atoms with Gasteiger partial charge in [-0.15, -0.1) is 0 Å². The Balaban J connectivity index is 1.83. The van der Waals surface area contributed by atoms with E-state index in [1.807, 2.05) is 54.4 Å². The lowest BCUT2D eigenvalue weighted by atomic mass is 10.1. The minimum absolute atomic E-state index is 0.0241. The molecule has 136 valence electrons. The van der Waals surface area contributed by atoms with Gasteiger partial charge in [-0.05, 0) is 49.3 Å². The van der Waals surface area contributed by atoms with Crippen LogP contribution < -0.4 is 10.2 Å². The Kier molecular flexibility index (Phi) is 6.15. The van der Waals surface area contributed by atoms with Crippen LogP contribution in [-0.2, 0) is 24.3 Å². The summed E-state index contributed by atoms with van der Waals surface area (Å²) < 4.78 is 0. The molecule has 1 aromatic heterocycles. The summed E-state index contributed by atoms with van der Waals surface area (Å²) in [7, 11) is 3.98. The Bertz CT molecular complexity index is 771. The van der Waals surface area contributed by atoms with Crippen molar-refractivity contribution < 1.29 is 4.79 Å². The predicted octanol–water partition coefficient (Wildman–Crippen LogP) is 2.38. The van der Waals surface area contributed by atoms with Crippen molar-refractivity contribution in [2.24, 2.45) is 0 Å². The first-order valence-electron chi connectivity index (χ1n) is 8.98. The summed E-state index contributed by atoms with van der Waals surface area (Å²) in [5.41, 5.74) is 4.65. The number of pyridine rings is 1. The van der Waals surface area contributed by atoms with Crippen LogP contribution >= 0.6 is 0 Å². The molecule has 0 aliphatic carbocycles. The number of hydrogen-bond donors (Lipinski definition) is 1. The summed E-state index contributed by atoms with van der Waals surface area (Å²) in [6, 6.07) is 10.2. The second-order valence-corrected chi connectivity index (χ2v) is 6.78. The number of aromatic nitrogens is 1. The molecule has 3 rings (SSSR count). The van der Waals surface area contributed by atoms with E-state index in [0.29, 0.717) is 6.54 Å². The minimum Gasteiger partial charge on any atom is -0.309 e. The van der Waals surface area contributed by atoms with Crippen LogP contribution in [0.1, 0.15) is 16.7 Å². The van der Waals surface area contributed by atoms with E-state index in [1.54, 1.807) is 12.3 Å². The monoisotopic (exact) mass is 350 g/mol. The van der Waals surface area contributed by atoms with Gasteiger partial charge < -0.3 is 15.1 Å². The molecule has 2 aromatic rings. The van der Waals surface area contributed by atoms with Crippen LogP contribution in [0.3, 0.4) is 0 Å². The number of likely N-dealkylation sites (N-methyl/N-ethyl adjacent to an activating group) is 1.